The Morgan fingerprint density at radius 3 is 2.68 bits per heavy atom. The molecule has 0 bridgehead atoms. The van der Waals surface area contributed by atoms with Crippen molar-refractivity contribution in [2.45, 2.75) is 51.6 Å². The normalized spacial score (nSPS) is 23.2. The van der Waals surface area contributed by atoms with Gasteiger partial charge in [0.05, 0.1) is 4.92 Å². The minimum atomic E-state index is -0.337. The zero-order valence-corrected chi connectivity index (χ0v) is 11.5. The number of nitrogens with zero attached hydrogens (tertiary/aromatic N) is 1. The monoisotopic (exact) mass is 262 g/mol. The molecule has 0 aliphatic heterocycles. The zero-order valence-electron chi connectivity index (χ0n) is 11.5. The highest BCUT2D eigenvalue weighted by molar-refractivity contribution is 5.34. The molecular formula is C15H22N2O2. The number of non-ortho nitro benzene ring substituents is 1. The molecule has 0 atom stereocenters. The predicted molar refractivity (Wildman–Crippen MR) is 76.0 cm³/mol. The van der Waals surface area contributed by atoms with Crippen molar-refractivity contribution < 1.29 is 4.92 Å². The van der Waals surface area contributed by atoms with Gasteiger partial charge < -0.3 is 5.32 Å². The first-order chi connectivity index (χ1) is 9.19. The zero-order chi connectivity index (χ0) is 13.7. The maximum absolute atomic E-state index is 10.7. The first kappa shape index (κ1) is 14.0. The van der Waals surface area contributed by atoms with E-state index >= 15 is 0 Å². The molecule has 0 saturated heterocycles. The SMILES string of the molecule is CCC1CCC(NCc2cccc([N+](=O)[O-])c2)CC1. The first-order valence-corrected chi connectivity index (χ1v) is 7.15. The number of nitrogens with one attached hydrogen (secondary N) is 1. The molecule has 4 heteroatoms. The van der Waals surface area contributed by atoms with Crippen molar-refractivity contribution in [2.24, 2.45) is 5.92 Å². The van der Waals surface area contributed by atoms with Crippen LogP contribution >= 0.6 is 0 Å². The fourth-order valence-electron chi connectivity index (χ4n) is 2.82. The van der Waals surface area contributed by atoms with Gasteiger partial charge in [0.25, 0.3) is 5.69 Å². The molecule has 0 heterocycles. The van der Waals surface area contributed by atoms with E-state index in [9.17, 15) is 10.1 Å². The van der Waals surface area contributed by atoms with E-state index in [-0.39, 0.29) is 10.6 Å². The van der Waals surface area contributed by atoms with Crippen molar-refractivity contribution in [3.63, 3.8) is 0 Å². The van der Waals surface area contributed by atoms with Gasteiger partial charge in [-0.2, -0.15) is 0 Å². The summed E-state index contributed by atoms with van der Waals surface area (Å²) < 4.78 is 0. The van der Waals surface area contributed by atoms with Crippen LogP contribution in [0.25, 0.3) is 0 Å². The fraction of sp³-hybridized carbons (Fsp3) is 0.600. The molecule has 4 nitrogen and oxygen atoms in total. The van der Waals surface area contributed by atoms with Crippen LogP contribution in [0, 0.1) is 16.0 Å². The van der Waals surface area contributed by atoms with Crippen LogP contribution in [0.1, 0.15) is 44.6 Å². The lowest BCUT2D eigenvalue weighted by atomic mass is 9.84. The maximum atomic E-state index is 10.7. The van der Waals surface area contributed by atoms with Crippen molar-refractivity contribution in [1.82, 2.24) is 5.32 Å². The molecule has 0 radical (unpaired) electrons. The minimum Gasteiger partial charge on any atom is -0.310 e. The molecule has 2 rings (SSSR count). The highest BCUT2D eigenvalue weighted by Gasteiger charge is 2.19. The lowest BCUT2D eigenvalue weighted by molar-refractivity contribution is -0.384. The number of benzene rings is 1. The number of rotatable bonds is 5. The van der Waals surface area contributed by atoms with Crippen molar-refractivity contribution in [1.29, 1.82) is 0 Å². The fourth-order valence-corrected chi connectivity index (χ4v) is 2.82. The Morgan fingerprint density at radius 2 is 2.05 bits per heavy atom. The molecule has 0 spiro atoms. The Kier molecular flexibility index (Phi) is 4.91. The highest BCUT2D eigenvalue weighted by Crippen LogP contribution is 2.26. The number of hydrogen-bond donors (Lipinski definition) is 1. The van der Waals surface area contributed by atoms with Crippen molar-refractivity contribution >= 4 is 5.69 Å². The smallest absolute Gasteiger partial charge is 0.269 e. The third-order valence-corrected chi connectivity index (χ3v) is 4.14. The van der Waals surface area contributed by atoms with E-state index in [1.165, 1.54) is 38.2 Å². The van der Waals surface area contributed by atoms with Gasteiger partial charge in [-0.05, 0) is 37.2 Å². The Morgan fingerprint density at radius 1 is 1.32 bits per heavy atom. The Balaban J connectivity index is 1.82. The van der Waals surface area contributed by atoms with Crippen molar-refractivity contribution in [3.05, 3.63) is 39.9 Å². The van der Waals surface area contributed by atoms with Crippen LogP contribution in [0.5, 0.6) is 0 Å². The van der Waals surface area contributed by atoms with Crippen LogP contribution in [0.3, 0.4) is 0 Å². The van der Waals surface area contributed by atoms with E-state index < -0.39 is 0 Å². The number of nitro groups is 1. The van der Waals surface area contributed by atoms with Gasteiger partial charge in [-0.25, -0.2) is 0 Å². The van der Waals surface area contributed by atoms with E-state index in [2.05, 4.69) is 12.2 Å². The molecule has 1 aromatic carbocycles. The Labute approximate surface area is 114 Å². The molecule has 19 heavy (non-hydrogen) atoms. The van der Waals surface area contributed by atoms with Gasteiger partial charge in [-0.15, -0.1) is 0 Å². The van der Waals surface area contributed by atoms with Crippen LogP contribution in [0.15, 0.2) is 24.3 Å². The van der Waals surface area contributed by atoms with E-state index in [4.69, 9.17) is 0 Å². The van der Waals surface area contributed by atoms with Gasteiger partial charge in [0.15, 0.2) is 0 Å². The average molecular weight is 262 g/mol. The molecule has 1 aliphatic carbocycles. The van der Waals surface area contributed by atoms with Crippen LogP contribution < -0.4 is 5.32 Å². The second kappa shape index (κ2) is 6.66. The summed E-state index contributed by atoms with van der Waals surface area (Å²) in [5.74, 6) is 0.899. The summed E-state index contributed by atoms with van der Waals surface area (Å²) in [5, 5.41) is 14.2. The summed E-state index contributed by atoms with van der Waals surface area (Å²) in [6.07, 6.45) is 6.37. The molecule has 0 amide bonds. The quantitative estimate of drug-likeness (QED) is 0.651. The van der Waals surface area contributed by atoms with Crippen LogP contribution in [-0.4, -0.2) is 11.0 Å². The molecule has 1 aromatic rings. The molecule has 0 unspecified atom stereocenters. The van der Waals surface area contributed by atoms with Gasteiger partial charge in [-0.1, -0.05) is 25.5 Å². The Bertz CT molecular complexity index is 426. The van der Waals surface area contributed by atoms with Crippen LogP contribution in [0.2, 0.25) is 0 Å². The van der Waals surface area contributed by atoms with Crippen molar-refractivity contribution in [2.75, 3.05) is 0 Å². The topological polar surface area (TPSA) is 55.2 Å². The molecule has 1 N–H and O–H groups in total. The summed E-state index contributed by atoms with van der Waals surface area (Å²) in [7, 11) is 0. The van der Waals surface area contributed by atoms with Crippen LogP contribution in [0.4, 0.5) is 5.69 Å². The van der Waals surface area contributed by atoms with Crippen molar-refractivity contribution in [3.8, 4) is 0 Å². The summed E-state index contributed by atoms with van der Waals surface area (Å²) in [4.78, 5) is 10.4. The molecule has 1 aliphatic rings. The molecule has 0 aromatic heterocycles. The third kappa shape index (κ3) is 4.03. The summed E-state index contributed by atoms with van der Waals surface area (Å²) in [5.41, 5.74) is 1.17. The maximum Gasteiger partial charge on any atom is 0.269 e. The first-order valence-electron chi connectivity index (χ1n) is 7.15. The second-order valence-electron chi connectivity index (χ2n) is 5.43. The predicted octanol–water partition coefficient (Wildman–Crippen LogP) is 3.65. The van der Waals surface area contributed by atoms with E-state index in [1.807, 2.05) is 6.07 Å². The van der Waals surface area contributed by atoms with E-state index in [1.54, 1.807) is 12.1 Å². The lowest BCUT2D eigenvalue weighted by Crippen LogP contribution is -2.32. The molecule has 104 valence electrons. The van der Waals surface area contributed by atoms with Gasteiger partial charge >= 0.3 is 0 Å². The van der Waals surface area contributed by atoms with Gasteiger partial charge in [0.1, 0.15) is 0 Å². The van der Waals surface area contributed by atoms with Gasteiger partial charge in [0, 0.05) is 24.7 Å². The molecule has 1 fully saturated rings. The lowest BCUT2D eigenvalue weighted by Gasteiger charge is -2.28. The number of nitro benzene ring substituents is 1. The molecular weight excluding hydrogens is 240 g/mol. The second-order valence-corrected chi connectivity index (χ2v) is 5.43. The number of hydrogen-bond acceptors (Lipinski definition) is 3. The van der Waals surface area contributed by atoms with E-state index in [0.717, 1.165) is 18.0 Å². The Hall–Kier alpha value is -1.42. The summed E-state index contributed by atoms with van der Waals surface area (Å²) in [6.45, 7) is 2.99. The largest absolute Gasteiger partial charge is 0.310 e. The molecule has 1 saturated carbocycles. The summed E-state index contributed by atoms with van der Waals surface area (Å²) in [6, 6.07) is 7.46. The highest BCUT2D eigenvalue weighted by atomic mass is 16.6. The summed E-state index contributed by atoms with van der Waals surface area (Å²) >= 11 is 0. The average Bonchev–Trinajstić information content (AvgIpc) is 2.46. The standard InChI is InChI=1S/C15H22N2O2/c1-2-12-6-8-14(9-7-12)16-11-13-4-3-5-15(10-13)17(18)19/h3-5,10,12,14,16H,2,6-9,11H2,1H3. The van der Waals surface area contributed by atoms with Gasteiger partial charge in [-0.3, -0.25) is 10.1 Å². The van der Waals surface area contributed by atoms with Crippen LogP contribution in [-0.2, 0) is 6.54 Å². The third-order valence-electron chi connectivity index (χ3n) is 4.14. The minimum absolute atomic E-state index is 0.175. The van der Waals surface area contributed by atoms with E-state index in [0.29, 0.717) is 6.04 Å². The van der Waals surface area contributed by atoms with Gasteiger partial charge in [0.2, 0.25) is 0 Å².